The molecule has 1 heterocycles. The third-order valence-corrected chi connectivity index (χ3v) is 2.01. The molecule has 1 aliphatic heterocycles. The van der Waals surface area contributed by atoms with Crippen LogP contribution in [-0.2, 0) is 15.9 Å². The fraction of sp³-hybridized carbons (Fsp3) is 0.455. The zero-order valence-corrected chi connectivity index (χ0v) is 7.53. The van der Waals surface area contributed by atoms with Crippen molar-refractivity contribution in [1.29, 1.82) is 0 Å². The van der Waals surface area contributed by atoms with E-state index in [1.807, 2.05) is 18.2 Å². The second kappa shape index (κ2) is 4.40. The van der Waals surface area contributed by atoms with Gasteiger partial charge in [0.15, 0.2) is 0 Å². The highest BCUT2D eigenvalue weighted by Crippen LogP contribution is 2.08. The number of benzene rings is 1. The summed E-state index contributed by atoms with van der Waals surface area (Å²) in [6.07, 6.45) is 1.34. The standard InChI is InChI=1S/C11H13O2/c1-2-4-10(5-3-1)6-7-12-8-11-9-13-11/h1-2,4-5,11H,6-9H2. The van der Waals surface area contributed by atoms with Crippen LogP contribution in [0, 0.1) is 6.07 Å². The maximum absolute atomic E-state index is 5.42. The molecule has 0 spiro atoms. The third-order valence-electron chi connectivity index (χ3n) is 2.01. The maximum atomic E-state index is 5.42. The van der Waals surface area contributed by atoms with Crippen LogP contribution in [-0.4, -0.2) is 25.9 Å². The molecule has 1 unspecified atom stereocenters. The molecule has 1 aliphatic rings. The van der Waals surface area contributed by atoms with E-state index < -0.39 is 0 Å². The number of ether oxygens (including phenoxy) is 2. The summed E-state index contributed by atoms with van der Waals surface area (Å²) in [4.78, 5) is 0. The molecule has 0 amide bonds. The van der Waals surface area contributed by atoms with Gasteiger partial charge in [-0.25, -0.2) is 0 Å². The van der Waals surface area contributed by atoms with Crippen molar-refractivity contribution in [2.75, 3.05) is 19.8 Å². The van der Waals surface area contributed by atoms with E-state index in [2.05, 4.69) is 12.1 Å². The lowest BCUT2D eigenvalue weighted by Gasteiger charge is -2.01. The first-order valence-electron chi connectivity index (χ1n) is 4.59. The smallest absolute Gasteiger partial charge is 0.104 e. The monoisotopic (exact) mass is 177 g/mol. The molecule has 0 N–H and O–H groups in total. The van der Waals surface area contributed by atoms with Gasteiger partial charge in [0.2, 0.25) is 0 Å². The van der Waals surface area contributed by atoms with E-state index in [-0.39, 0.29) is 0 Å². The third kappa shape index (κ3) is 3.17. The molecule has 1 radical (unpaired) electrons. The van der Waals surface area contributed by atoms with E-state index >= 15 is 0 Å². The minimum Gasteiger partial charge on any atom is -0.378 e. The van der Waals surface area contributed by atoms with Crippen LogP contribution in [0.25, 0.3) is 0 Å². The van der Waals surface area contributed by atoms with E-state index in [4.69, 9.17) is 9.47 Å². The lowest BCUT2D eigenvalue weighted by Crippen LogP contribution is -2.04. The zero-order valence-electron chi connectivity index (χ0n) is 7.53. The van der Waals surface area contributed by atoms with Crippen LogP contribution in [0.4, 0.5) is 0 Å². The predicted octanol–water partition coefficient (Wildman–Crippen LogP) is 1.44. The fourth-order valence-electron chi connectivity index (χ4n) is 1.16. The summed E-state index contributed by atoms with van der Waals surface area (Å²) in [6.45, 7) is 2.40. The minimum absolute atomic E-state index is 0.377. The van der Waals surface area contributed by atoms with E-state index in [1.54, 1.807) is 0 Å². The van der Waals surface area contributed by atoms with Gasteiger partial charge in [-0.05, 0) is 18.1 Å². The summed E-state index contributed by atoms with van der Waals surface area (Å²) in [5.74, 6) is 0. The SMILES string of the molecule is [c]1cccc(CCOCC2CO2)c1. The molecule has 0 aromatic heterocycles. The van der Waals surface area contributed by atoms with E-state index in [1.165, 1.54) is 5.56 Å². The second-order valence-corrected chi connectivity index (χ2v) is 3.19. The van der Waals surface area contributed by atoms with Gasteiger partial charge < -0.3 is 9.47 Å². The summed E-state index contributed by atoms with van der Waals surface area (Å²) in [5, 5.41) is 0. The Balaban J connectivity index is 1.61. The highest BCUT2D eigenvalue weighted by Gasteiger charge is 2.21. The largest absolute Gasteiger partial charge is 0.378 e. The van der Waals surface area contributed by atoms with Crippen molar-refractivity contribution in [3.8, 4) is 0 Å². The number of hydrogen-bond donors (Lipinski definition) is 0. The van der Waals surface area contributed by atoms with Crippen LogP contribution in [0.2, 0.25) is 0 Å². The van der Waals surface area contributed by atoms with Gasteiger partial charge in [0, 0.05) is 0 Å². The van der Waals surface area contributed by atoms with Crippen molar-refractivity contribution in [3.05, 3.63) is 35.9 Å². The molecule has 1 aromatic rings. The normalized spacial score (nSPS) is 20.2. The molecule has 13 heavy (non-hydrogen) atoms. The summed E-state index contributed by atoms with van der Waals surface area (Å²) in [6, 6.07) is 11.0. The summed E-state index contributed by atoms with van der Waals surface area (Å²) >= 11 is 0. The first kappa shape index (κ1) is 8.73. The minimum atomic E-state index is 0.377. The van der Waals surface area contributed by atoms with Crippen molar-refractivity contribution >= 4 is 0 Å². The Morgan fingerprint density at radius 3 is 3.23 bits per heavy atom. The molecule has 0 aliphatic carbocycles. The molecule has 1 aromatic carbocycles. The zero-order chi connectivity index (χ0) is 8.93. The van der Waals surface area contributed by atoms with E-state index in [0.717, 1.165) is 26.2 Å². The Hall–Kier alpha value is -0.860. The molecule has 1 saturated heterocycles. The van der Waals surface area contributed by atoms with Gasteiger partial charge in [-0.1, -0.05) is 24.3 Å². The molecular formula is C11H13O2. The number of rotatable bonds is 5. The van der Waals surface area contributed by atoms with Crippen LogP contribution in [0.5, 0.6) is 0 Å². The van der Waals surface area contributed by atoms with Crippen LogP contribution in [0.15, 0.2) is 24.3 Å². The van der Waals surface area contributed by atoms with E-state index in [9.17, 15) is 0 Å². The first-order chi connectivity index (χ1) is 6.45. The molecule has 2 rings (SSSR count). The molecule has 0 bridgehead atoms. The molecule has 2 nitrogen and oxygen atoms in total. The molecule has 69 valence electrons. The van der Waals surface area contributed by atoms with Crippen LogP contribution in [0.3, 0.4) is 0 Å². The predicted molar refractivity (Wildman–Crippen MR) is 49.5 cm³/mol. The Morgan fingerprint density at radius 1 is 1.62 bits per heavy atom. The molecule has 0 saturated carbocycles. The lowest BCUT2D eigenvalue weighted by atomic mass is 10.2. The second-order valence-electron chi connectivity index (χ2n) is 3.19. The Bertz CT molecular complexity index is 242. The number of epoxide rings is 1. The summed E-state index contributed by atoms with van der Waals surface area (Å²) in [5.41, 5.74) is 1.28. The Morgan fingerprint density at radius 2 is 2.54 bits per heavy atom. The Labute approximate surface area is 78.5 Å². The average molecular weight is 177 g/mol. The first-order valence-corrected chi connectivity index (χ1v) is 4.59. The van der Waals surface area contributed by atoms with E-state index in [0.29, 0.717) is 6.10 Å². The summed E-state index contributed by atoms with van der Waals surface area (Å²) < 4.78 is 10.5. The molecule has 1 atom stereocenters. The van der Waals surface area contributed by atoms with Gasteiger partial charge in [0.25, 0.3) is 0 Å². The van der Waals surface area contributed by atoms with Crippen LogP contribution < -0.4 is 0 Å². The van der Waals surface area contributed by atoms with Crippen LogP contribution in [0.1, 0.15) is 5.56 Å². The van der Waals surface area contributed by atoms with Crippen molar-refractivity contribution in [3.63, 3.8) is 0 Å². The summed E-state index contributed by atoms with van der Waals surface area (Å²) in [7, 11) is 0. The van der Waals surface area contributed by atoms with Gasteiger partial charge >= 0.3 is 0 Å². The highest BCUT2D eigenvalue weighted by atomic mass is 16.6. The Kier molecular flexibility index (Phi) is 2.95. The van der Waals surface area contributed by atoms with Crippen molar-refractivity contribution < 1.29 is 9.47 Å². The lowest BCUT2D eigenvalue weighted by molar-refractivity contribution is 0.119. The molecule has 2 heteroatoms. The van der Waals surface area contributed by atoms with Crippen molar-refractivity contribution in [2.45, 2.75) is 12.5 Å². The maximum Gasteiger partial charge on any atom is 0.104 e. The fourth-order valence-corrected chi connectivity index (χ4v) is 1.16. The average Bonchev–Trinajstić information content (AvgIpc) is 2.98. The van der Waals surface area contributed by atoms with Gasteiger partial charge in [-0.15, -0.1) is 0 Å². The van der Waals surface area contributed by atoms with Gasteiger partial charge in [-0.2, -0.15) is 0 Å². The van der Waals surface area contributed by atoms with Crippen molar-refractivity contribution in [2.24, 2.45) is 0 Å². The molecule has 1 fully saturated rings. The van der Waals surface area contributed by atoms with Gasteiger partial charge in [-0.3, -0.25) is 0 Å². The van der Waals surface area contributed by atoms with Gasteiger partial charge in [0.1, 0.15) is 6.10 Å². The molecular weight excluding hydrogens is 164 g/mol. The van der Waals surface area contributed by atoms with Crippen LogP contribution >= 0.6 is 0 Å². The number of hydrogen-bond acceptors (Lipinski definition) is 2. The van der Waals surface area contributed by atoms with Gasteiger partial charge in [0.05, 0.1) is 19.8 Å². The highest BCUT2D eigenvalue weighted by molar-refractivity contribution is 5.13. The topological polar surface area (TPSA) is 21.8 Å². The van der Waals surface area contributed by atoms with Crippen molar-refractivity contribution in [1.82, 2.24) is 0 Å². The quantitative estimate of drug-likeness (QED) is 0.501.